The SMILES string of the molecule is CCCCNC(=O)c1cc(F)c(Br)c(S(=O)(=O)Cl)c1. The molecule has 1 rings (SSSR count). The molecule has 1 aromatic rings. The summed E-state index contributed by atoms with van der Waals surface area (Å²) in [5.41, 5.74) is -0.0870. The van der Waals surface area contributed by atoms with Crippen molar-refractivity contribution < 1.29 is 17.6 Å². The van der Waals surface area contributed by atoms with Gasteiger partial charge in [-0.15, -0.1) is 0 Å². The van der Waals surface area contributed by atoms with Crippen LogP contribution in [0.25, 0.3) is 0 Å². The van der Waals surface area contributed by atoms with Crippen LogP contribution >= 0.6 is 26.6 Å². The van der Waals surface area contributed by atoms with Crippen LogP contribution in [0.2, 0.25) is 0 Å². The Hall–Kier alpha value is -0.660. The van der Waals surface area contributed by atoms with Gasteiger partial charge in [-0.2, -0.15) is 0 Å². The molecule has 106 valence electrons. The highest BCUT2D eigenvalue weighted by Crippen LogP contribution is 2.29. The van der Waals surface area contributed by atoms with Gasteiger partial charge in [0.2, 0.25) is 0 Å². The largest absolute Gasteiger partial charge is 0.352 e. The Morgan fingerprint density at radius 1 is 1.47 bits per heavy atom. The van der Waals surface area contributed by atoms with Gasteiger partial charge in [0.25, 0.3) is 15.0 Å². The summed E-state index contributed by atoms with van der Waals surface area (Å²) in [4.78, 5) is 11.3. The van der Waals surface area contributed by atoms with Crippen molar-refractivity contribution in [1.29, 1.82) is 0 Å². The highest BCUT2D eigenvalue weighted by atomic mass is 79.9. The number of amides is 1. The molecule has 0 fully saturated rings. The van der Waals surface area contributed by atoms with Crippen LogP contribution in [0.15, 0.2) is 21.5 Å². The zero-order valence-electron chi connectivity index (χ0n) is 10.0. The Kier molecular flexibility index (Phi) is 5.76. The first-order valence-electron chi connectivity index (χ1n) is 5.49. The molecule has 0 aliphatic rings. The van der Waals surface area contributed by atoms with Crippen LogP contribution in [0, 0.1) is 5.82 Å². The lowest BCUT2D eigenvalue weighted by molar-refractivity contribution is 0.0952. The molecule has 1 N–H and O–H groups in total. The monoisotopic (exact) mass is 371 g/mol. The van der Waals surface area contributed by atoms with Gasteiger partial charge in [-0.25, -0.2) is 12.8 Å². The first-order chi connectivity index (χ1) is 8.77. The molecule has 0 saturated carbocycles. The Morgan fingerprint density at radius 3 is 2.63 bits per heavy atom. The molecular formula is C11H12BrClFNO3S. The third kappa shape index (κ3) is 4.43. The van der Waals surface area contributed by atoms with Crippen molar-refractivity contribution >= 4 is 41.6 Å². The number of carbonyl (C=O) groups is 1. The molecule has 1 amide bonds. The molecule has 0 aliphatic carbocycles. The minimum atomic E-state index is -4.13. The van der Waals surface area contributed by atoms with Crippen molar-refractivity contribution in [2.24, 2.45) is 0 Å². The minimum Gasteiger partial charge on any atom is -0.352 e. The van der Waals surface area contributed by atoms with Gasteiger partial charge < -0.3 is 5.32 Å². The third-order valence-electron chi connectivity index (χ3n) is 2.34. The summed E-state index contributed by atoms with van der Waals surface area (Å²) in [5, 5.41) is 2.57. The molecule has 0 spiro atoms. The van der Waals surface area contributed by atoms with Gasteiger partial charge in [-0.3, -0.25) is 4.79 Å². The van der Waals surface area contributed by atoms with E-state index >= 15 is 0 Å². The van der Waals surface area contributed by atoms with Crippen LogP contribution < -0.4 is 5.32 Å². The van der Waals surface area contributed by atoms with Crippen molar-refractivity contribution in [3.05, 3.63) is 28.0 Å². The number of unbranched alkanes of at least 4 members (excludes halogenated alkanes) is 1. The van der Waals surface area contributed by atoms with E-state index in [1.54, 1.807) is 0 Å². The molecule has 19 heavy (non-hydrogen) atoms. The number of halogens is 3. The summed E-state index contributed by atoms with van der Waals surface area (Å²) in [6, 6.07) is 1.99. The van der Waals surface area contributed by atoms with Gasteiger partial charge in [0.15, 0.2) is 0 Å². The van der Waals surface area contributed by atoms with E-state index in [1.807, 2.05) is 6.92 Å². The molecule has 0 radical (unpaired) electrons. The molecule has 1 aromatic carbocycles. The predicted molar refractivity (Wildman–Crippen MR) is 74.4 cm³/mol. The maximum atomic E-state index is 13.6. The molecule has 8 heteroatoms. The zero-order valence-corrected chi connectivity index (χ0v) is 13.2. The molecular weight excluding hydrogens is 361 g/mol. The smallest absolute Gasteiger partial charge is 0.262 e. The van der Waals surface area contributed by atoms with E-state index in [-0.39, 0.29) is 10.0 Å². The van der Waals surface area contributed by atoms with E-state index in [2.05, 4.69) is 21.2 Å². The number of rotatable bonds is 5. The molecule has 4 nitrogen and oxygen atoms in total. The van der Waals surface area contributed by atoms with Gasteiger partial charge in [-0.05, 0) is 34.5 Å². The summed E-state index contributed by atoms with van der Waals surface area (Å²) in [6.07, 6.45) is 1.68. The number of carbonyl (C=O) groups excluding carboxylic acids is 1. The zero-order chi connectivity index (χ0) is 14.6. The second kappa shape index (κ2) is 6.67. The fourth-order valence-corrected chi connectivity index (χ4v) is 3.45. The van der Waals surface area contributed by atoms with Crippen molar-refractivity contribution in [2.45, 2.75) is 24.7 Å². The number of benzene rings is 1. The van der Waals surface area contributed by atoms with Crippen LogP contribution in [0.4, 0.5) is 4.39 Å². The highest BCUT2D eigenvalue weighted by Gasteiger charge is 2.21. The topological polar surface area (TPSA) is 63.2 Å². The van der Waals surface area contributed by atoms with E-state index in [1.165, 1.54) is 0 Å². The van der Waals surface area contributed by atoms with Gasteiger partial charge in [0, 0.05) is 22.8 Å². The lowest BCUT2D eigenvalue weighted by Crippen LogP contribution is -2.24. The van der Waals surface area contributed by atoms with E-state index in [0.717, 1.165) is 25.0 Å². The Labute approximate surface area is 123 Å². The minimum absolute atomic E-state index is 0.0870. The van der Waals surface area contributed by atoms with E-state index < -0.39 is 25.7 Å². The Balaban J connectivity index is 3.11. The van der Waals surface area contributed by atoms with Crippen molar-refractivity contribution in [1.82, 2.24) is 5.32 Å². The van der Waals surface area contributed by atoms with Crippen molar-refractivity contribution in [2.75, 3.05) is 6.54 Å². The molecule has 0 unspecified atom stereocenters. The highest BCUT2D eigenvalue weighted by molar-refractivity contribution is 9.10. The predicted octanol–water partition coefficient (Wildman–Crippen LogP) is 3.05. The van der Waals surface area contributed by atoms with E-state index in [4.69, 9.17) is 10.7 Å². The van der Waals surface area contributed by atoms with Crippen molar-refractivity contribution in [3.8, 4) is 0 Å². The fourth-order valence-electron chi connectivity index (χ4n) is 1.35. The standard InChI is InChI=1S/C11H12BrClFNO3S/c1-2-3-4-15-11(16)7-5-8(14)10(12)9(6-7)19(13,17)18/h5-6H,2-4H2,1H3,(H,15,16). The second-order valence-corrected chi connectivity index (χ2v) is 7.14. The van der Waals surface area contributed by atoms with E-state index in [9.17, 15) is 17.6 Å². The maximum absolute atomic E-state index is 13.6. The summed E-state index contributed by atoms with van der Waals surface area (Å²) < 4.78 is 35.8. The Bertz CT molecular complexity index is 592. The molecule has 0 aliphatic heterocycles. The van der Waals surface area contributed by atoms with Crippen LogP contribution in [-0.4, -0.2) is 20.9 Å². The maximum Gasteiger partial charge on any atom is 0.262 e. The van der Waals surface area contributed by atoms with Crippen molar-refractivity contribution in [3.63, 3.8) is 0 Å². The summed E-state index contributed by atoms with van der Waals surface area (Å²) in [6.45, 7) is 2.40. The summed E-state index contributed by atoms with van der Waals surface area (Å²) >= 11 is 2.79. The van der Waals surface area contributed by atoms with Gasteiger partial charge in [0.1, 0.15) is 10.7 Å². The average Bonchev–Trinajstić information content (AvgIpc) is 2.31. The summed E-state index contributed by atoms with van der Waals surface area (Å²) in [7, 11) is 1.05. The number of nitrogens with one attached hydrogen (secondary N) is 1. The van der Waals surface area contributed by atoms with Gasteiger partial charge in [-0.1, -0.05) is 13.3 Å². The third-order valence-corrected chi connectivity index (χ3v) is 4.75. The first kappa shape index (κ1) is 16.4. The van der Waals surface area contributed by atoms with Crippen LogP contribution in [0.3, 0.4) is 0 Å². The van der Waals surface area contributed by atoms with Crippen LogP contribution in [0.5, 0.6) is 0 Å². The van der Waals surface area contributed by atoms with Crippen LogP contribution in [-0.2, 0) is 9.05 Å². The molecule has 0 heterocycles. The van der Waals surface area contributed by atoms with Gasteiger partial charge in [0.05, 0.1) is 4.47 Å². The van der Waals surface area contributed by atoms with Crippen LogP contribution in [0.1, 0.15) is 30.1 Å². The lowest BCUT2D eigenvalue weighted by Gasteiger charge is -2.07. The quantitative estimate of drug-likeness (QED) is 0.638. The molecule has 0 saturated heterocycles. The normalized spacial score (nSPS) is 11.4. The first-order valence-corrected chi connectivity index (χ1v) is 8.59. The Morgan fingerprint density at radius 2 is 2.11 bits per heavy atom. The number of hydrogen-bond donors (Lipinski definition) is 1. The fraction of sp³-hybridized carbons (Fsp3) is 0.364. The lowest BCUT2D eigenvalue weighted by atomic mass is 10.2. The molecule has 0 atom stereocenters. The second-order valence-electron chi connectivity index (χ2n) is 3.82. The van der Waals surface area contributed by atoms with E-state index in [0.29, 0.717) is 6.54 Å². The summed E-state index contributed by atoms with van der Waals surface area (Å²) in [5.74, 6) is -1.40. The molecule has 0 bridgehead atoms. The van der Waals surface area contributed by atoms with Gasteiger partial charge >= 0.3 is 0 Å². The number of hydrogen-bond acceptors (Lipinski definition) is 3. The average molecular weight is 373 g/mol. The molecule has 0 aromatic heterocycles.